The van der Waals surface area contributed by atoms with Crippen LogP contribution in [-0.4, -0.2) is 62.3 Å². The number of carbonyl (C=O) groups excluding carboxylic acids is 2. The Morgan fingerprint density at radius 2 is 2.00 bits per heavy atom. The van der Waals surface area contributed by atoms with Crippen LogP contribution in [0.5, 0.6) is 0 Å². The van der Waals surface area contributed by atoms with Crippen molar-refractivity contribution >= 4 is 23.2 Å². The molecule has 1 N–H and O–H groups in total. The molecular formula is C20H30N2O4S. The summed E-state index contributed by atoms with van der Waals surface area (Å²) < 4.78 is 10.7. The molecule has 1 aromatic heterocycles. The Kier molecular flexibility index (Phi) is 6.89. The van der Waals surface area contributed by atoms with Crippen LogP contribution >= 0.6 is 11.3 Å². The molecule has 2 fully saturated rings. The van der Waals surface area contributed by atoms with Gasteiger partial charge in [-0.3, -0.25) is 9.59 Å². The highest BCUT2D eigenvalue weighted by atomic mass is 32.1. The lowest BCUT2D eigenvalue weighted by Crippen LogP contribution is -2.58. The third-order valence-corrected chi connectivity index (χ3v) is 6.71. The van der Waals surface area contributed by atoms with E-state index in [4.69, 9.17) is 9.47 Å². The van der Waals surface area contributed by atoms with Gasteiger partial charge in [0, 0.05) is 56.4 Å². The Morgan fingerprint density at radius 3 is 2.59 bits per heavy atom. The van der Waals surface area contributed by atoms with Crippen molar-refractivity contribution in [1.29, 1.82) is 0 Å². The maximum atomic E-state index is 12.8. The molecule has 0 radical (unpaired) electrons. The van der Waals surface area contributed by atoms with Crippen LogP contribution in [0.4, 0.5) is 0 Å². The smallest absolute Gasteiger partial charge is 0.263 e. The van der Waals surface area contributed by atoms with Gasteiger partial charge in [-0.15, -0.1) is 11.3 Å². The summed E-state index contributed by atoms with van der Waals surface area (Å²) in [5, 5.41) is 3.33. The number of amides is 2. The van der Waals surface area contributed by atoms with Crippen LogP contribution in [0, 0.1) is 12.8 Å². The van der Waals surface area contributed by atoms with Crippen molar-refractivity contribution in [2.24, 2.45) is 5.92 Å². The number of aryl methyl sites for hydroxylation is 1. The zero-order chi connectivity index (χ0) is 19.3. The average molecular weight is 395 g/mol. The molecule has 2 amide bonds. The van der Waals surface area contributed by atoms with E-state index in [2.05, 4.69) is 5.32 Å². The van der Waals surface area contributed by atoms with E-state index in [0.717, 1.165) is 41.9 Å². The van der Waals surface area contributed by atoms with E-state index >= 15 is 0 Å². The Morgan fingerprint density at radius 1 is 1.30 bits per heavy atom. The molecule has 1 aromatic rings. The van der Waals surface area contributed by atoms with Crippen molar-refractivity contribution in [2.75, 3.05) is 40.0 Å². The van der Waals surface area contributed by atoms with Crippen molar-refractivity contribution in [1.82, 2.24) is 10.2 Å². The predicted octanol–water partition coefficient (Wildman–Crippen LogP) is 2.61. The minimum atomic E-state index is -0.284. The summed E-state index contributed by atoms with van der Waals surface area (Å²) >= 11 is 1.54. The fraction of sp³-hybridized carbons (Fsp3) is 0.700. The second-order valence-corrected chi connectivity index (χ2v) is 8.89. The number of nitrogens with one attached hydrogen (secondary N) is 1. The van der Waals surface area contributed by atoms with Crippen LogP contribution in [0.15, 0.2) is 12.1 Å². The number of carbonyl (C=O) groups is 2. The van der Waals surface area contributed by atoms with Gasteiger partial charge in [0.25, 0.3) is 5.91 Å². The van der Waals surface area contributed by atoms with Gasteiger partial charge in [0.1, 0.15) is 0 Å². The number of likely N-dealkylation sites (tertiary alicyclic amines) is 1. The highest BCUT2D eigenvalue weighted by Crippen LogP contribution is 2.29. The number of methoxy groups -OCH3 is 1. The predicted molar refractivity (Wildman–Crippen MR) is 105 cm³/mol. The van der Waals surface area contributed by atoms with E-state index in [1.807, 2.05) is 24.0 Å². The SMILES string of the molecule is COCCC1(NC(=O)C2CCOCC2)CCN(C(=O)c2ccc(C)s2)CC1. The largest absolute Gasteiger partial charge is 0.385 e. The summed E-state index contributed by atoms with van der Waals surface area (Å²) in [7, 11) is 1.69. The zero-order valence-electron chi connectivity index (χ0n) is 16.3. The Labute approximate surface area is 165 Å². The molecule has 27 heavy (non-hydrogen) atoms. The fourth-order valence-electron chi connectivity index (χ4n) is 3.90. The minimum Gasteiger partial charge on any atom is -0.385 e. The van der Waals surface area contributed by atoms with E-state index in [9.17, 15) is 9.59 Å². The van der Waals surface area contributed by atoms with Crippen molar-refractivity contribution in [3.63, 3.8) is 0 Å². The number of thiophene rings is 1. The van der Waals surface area contributed by atoms with Gasteiger partial charge in [-0.1, -0.05) is 0 Å². The molecule has 0 spiro atoms. The molecule has 150 valence electrons. The van der Waals surface area contributed by atoms with Crippen molar-refractivity contribution in [3.05, 3.63) is 21.9 Å². The van der Waals surface area contributed by atoms with E-state index in [1.165, 1.54) is 11.3 Å². The second-order valence-electron chi connectivity index (χ2n) is 7.60. The van der Waals surface area contributed by atoms with Gasteiger partial charge in [0.05, 0.1) is 4.88 Å². The van der Waals surface area contributed by atoms with Gasteiger partial charge in [0.15, 0.2) is 0 Å². The summed E-state index contributed by atoms with van der Waals surface area (Å²) in [6.45, 7) is 5.25. The van der Waals surface area contributed by atoms with E-state index in [1.54, 1.807) is 7.11 Å². The van der Waals surface area contributed by atoms with Gasteiger partial charge in [-0.25, -0.2) is 0 Å². The Bertz CT molecular complexity index is 646. The molecule has 2 aliphatic rings. The first-order valence-corrected chi connectivity index (χ1v) is 10.6. The van der Waals surface area contributed by atoms with Gasteiger partial charge >= 0.3 is 0 Å². The number of rotatable bonds is 6. The number of ether oxygens (including phenoxy) is 2. The van der Waals surface area contributed by atoms with Crippen LogP contribution in [0.3, 0.4) is 0 Å². The number of nitrogens with zero attached hydrogens (tertiary/aromatic N) is 1. The fourth-order valence-corrected chi connectivity index (χ4v) is 4.74. The van der Waals surface area contributed by atoms with E-state index in [-0.39, 0.29) is 23.3 Å². The molecular weight excluding hydrogens is 364 g/mol. The maximum absolute atomic E-state index is 12.8. The summed E-state index contributed by atoms with van der Waals surface area (Å²) in [5.41, 5.74) is -0.284. The lowest BCUT2D eigenvalue weighted by Gasteiger charge is -2.43. The van der Waals surface area contributed by atoms with Crippen LogP contribution < -0.4 is 5.32 Å². The summed E-state index contributed by atoms with van der Waals surface area (Å²) in [5.74, 6) is 0.263. The van der Waals surface area contributed by atoms with Crippen molar-refractivity contribution in [3.8, 4) is 0 Å². The minimum absolute atomic E-state index is 0.0342. The molecule has 7 heteroatoms. The van der Waals surface area contributed by atoms with Crippen LogP contribution in [0.2, 0.25) is 0 Å². The molecule has 0 bridgehead atoms. The van der Waals surface area contributed by atoms with Crippen molar-refractivity contribution in [2.45, 2.75) is 44.6 Å². The van der Waals surface area contributed by atoms with E-state index < -0.39 is 0 Å². The lowest BCUT2D eigenvalue weighted by molar-refractivity contribution is -0.130. The number of piperidine rings is 1. The molecule has 0 aliphatic carbocycles. The molecule has 2 aliphatic heterocycles. The number of hydrogen-bond acceptors (Lipinski definition) is 5. The maximum Gasteiger partial charge on any atom is 0.263 e. The van der Waals surface area contributed by atoms with E-state index in [0.29, 0.717) is 32.9 Å². The van der Waals surface area contributed by atoms with Gasteiger partial charge < -0.3 is 19.7 Å². The first kappa shape index (κ1) is 20.3. The van der Waals surface area contributed by atoms with Crippen LogP contribution in [0.25, 0.3) is 0 Å². The van der Waals surface area contributed by atoms with Crippen molar-refractivity contribution < 1.29 is 19.1 Å². The van der Waals surface area contributed by atoms with Gasteiger partial charge in [-0.2, -0.15) is 0 Å². The summed E-state index contributed by atoms with van der Waals surface area (Å²) in [6, 6.07) is 3.89. The van der Waals surface area contributed by atoms with Gasteiger partial charge in [0.2, 0.25) is 5.91 Å². The third kappa shape index (κ3) is 5.09. The quantitative estimate of drug-likeness (QED) is 0.805. The standard InChI is InChI=1S/C20H30N2O4S/c1-15-3-4-17(27-15)19(24)22-10-7-20(8-11-22,9-14-25-2)21-18(23)16-5-12-26-13-6-16/h3-4,16H,5-14H2,1-2H3,(H,21,23). The molecule has 2 saturated heterocycles. The molecule has 3 heterocycles. The highest BCUT2D eigenvalue weighted by Gasteiger charge is 2.38. The lowest BCUT2D eigenvalue weighted by atomic mass is 9.83. The topological polar surface area (TPSA) is 67.9 Å². The Hall–Kier alpha value is -1.44. The van der Waals surface area contributed by atoms with Gasteiger partial charge in [-0.05, 0) is 51.2 Å². The zero-order valence-corrected chi connectivity index (χ0v) is 17.1. The summed E-state index contributed by atoms with van der Waals surface area (Å²) in [6.07, 6.45) is 3.88. The first-order chi connectivity index (χ1) is 13.0. The van der Waals surface area contributed by atoms with Crippen LogP contribution in [-0.2, 0) is 14.3 Å². The molecule has 3 rings (SSSR count). The second kappa shape index (κ2) is 9.17. The molecule has 6 nitrogen and oxygen atoms in total. The number of hydrogen-bond donors (Lipinski definition) is 1. The monoisotopic (exact) mass is 394 g/mol. The van der Waals surface area contributed by atoms with Crippen LogP contribution in [0.1, 0.15) is 46.7 Å². The normalized spacial score (nSPS) is 20.4. The molecule has 0 aromatic carbocycles. The highest BCUT2D eigenvalue weighted by molar-refractivity contribution is 7.13. The summed E-state index contributed by atoms with van der Waals surface area (Å²) in [4.78, 5) is 29.4. The Balaban J connectivity index is 1.62. The average Bonchev–Trinajstić information content (AvgIpc) is 3.13. The molecule has 0 unspecified atom stereocenters. The first-order valence-electron chi connectivity index (χ1n) is 9.77. The third-order valence-electron chi connectivity index (χ3n) is 5.72. The molecule has 0 atom stereocenters. The molecule has 0 saturated carbocycles.